The molecular formula is C28H26N4O6. The van der Waals surface area contributed by atoms with Gasteiger partial charge in [-0.15, -0.1) is 0 Å². The molecule has 4 rings (SSSR count). The first-order chi connectivity index (χ1) is 18.1. The molecule has 2 N–H and O–H groups in total. The number of nitrogens with one attached hydrogen (secondary N) is 2. The van der Waals surface area contributed by atoms with Gasteiger partial charge in [0, 0.05) is 17.8 Å². The molecule has 3 aromatic carbocycles. The molecule has 4 amide bonds. The summed E-state index contributed by atoms with van der Waals surface area (Å²) in [5, 5.41) is 16.8. The maximum atomic E-state index is 13.5. The molecule has 0 spiro atoms. The van der Waals surface area contributed by atoms with Gasteiger partial charge in [-0.1, -0.05) is 49.4 Å². The lowest BCUT2D eigenvalue weighted by atomic mass is 10.0. The van der Waals surface area contributed by atoms with Gasteiger partial charge in [0.25, 0.3) is 23.4 Å². The summed E-state index contributed by atoms with van der Waals surface area (Å²) in [6.45, 7) is 5.28. The van der Waals surface area contributed by atoms with Gasteiger partial charge in [0.1, 0.15) is 12.1 Å². The van der Waals surface area contributed by atoms with E-state index in [0.717, 1.165) is 16.0 Å². The van der Waals surface area contributed by atoms with E-state index in [4.69, 9.17) is 0 Å². The second kappa shape index (κ2) is 10.6. The van der Waals surface area contributed by atoms with Gasteiger partial charge < -0.3 is 10.6 Å². The molecule has 0 fully saturated rings. The summed E-state index contributed by atoms with van der Waals surface area (Å²) in [5.74, 6) is -2.57. The number of fused-ring (bicyclic) bond motifs is 1. The van der Waals surface area contributed by atoms with Crippen LogP contribution in [0.3, 0.4) is 0 Å². The number of carbonyl (C=O) groups excluding carboxylic acids is 4. The van der Waals surface area contributed by atoms with Crippen LogP contribution in [0.4, 0.5) is 11.4 Å². The Morgan fingerprint density at radius 1 is 0.895 bits per heavy atom. The van der Waals surface area contributed by atoms with Crippen LogP contribution >= 0.6 is 0 Å². The van der Waals surface area contributed by atoms with E-state index in [1.807, 2.05) is 32.0 Å². The summed E-state index contributed by atoms with van der Waals surface area (Å²) in [6.07, 6.45) is 0.0947. The molecule has 0 aromatic heterocycles. The minimum atomic E-state index is -1.34. The Kier molecular flexibility index (Phi) is 7.33. The number of hydrogen-bond donors (Lipinski definition) is 2. The summed E-state index contributed by atoms with van der Waals surface area (Å²) in [4.78, 5) is 64.8. The minimum absolute atomic E-state index is 0.0947. The number of anilines is 1. The second-order valence-electron chi connectivity index (χ2n) is 9.00. The Bertz CT molecular complexity index is 1410. The van der Waals surface area contributed by atoms with Gasteiger partial charge in [-0.2, -0.15) is 0 Å². The van der Waals surface area contributed by atoms with Crippen molar-refractivity contribution < 1.29 is 24.1 Å². The van der Waals surface area contributed by atoms with Gasteiger partial charge in [-0.25, -0.2) is 0 Å². The zero-order valence-electron chi connectivity index (χ0n) is 21.1. The van der Waals surface area contributed by atoms with Crippen LogP contribution in [0.2, 0.25) is 0 Å². The molecule has 0 unspecified atom stereocenters. The Hall–Kier alpha value is -4.86. The van der Waals surface area contributed by atoms with E-state index in [1.165, 1.54) is 36.4 Å². The van der Waals surface area contributed by atoms with Crippen LogP contribution in [0.1, 0.15) is 56.8 Å². The topological polar surface area (TPSA) is 139 Å². The third-order valence-corrected chi connectivity index (χ3v) is 6.52. The van der Waals surface area contributed by atoms with Crippen molar-refractivity contribution in [1.82, 2.24) is 10.2 Å². The molecule has 194 valence electrons. The van der Waals surface area contributed by atoms with Crippen LogP contribution in [0.25, 0.3) is 0 Å². The molecule has 0 saturated carbocycles. The number of nitro groups is 1. The van der Waals surface area contributed by atoms with E-state index < -0.39 is 40.6 Å². The Morgan fingerprint density at radius 2 is 1.47 bits per heavy atom. The smallest absolute Gasteiger partial charge is 0.269 e. The van der Waals surface area contributed by atoms with Crippen molar-refractivity contribution in [3.8, 4) is 0 Å². The summed E-state index contributed by atoms with van der Waals surface area (Å²) < 4.78 is 0. The highest BCUT2D eigenvalue weighted by Gasteiger charge is 2.42. The molecule has 2 atom stereocenters. The predicted octanol–water partition coefficient (Wildman–Crippen LogP) is 4.08. The van der Waals surface area contributed by atoms with Crippen LogP contribution in [0, 0.1) is 24.0 Å². The van der Waals surface area contributed by atoms with Gasteiger partial charge in [0.15, 0.2) is 0 Å². The van der Waals surface area contributed by atoms with Crippen molar-refractivity contribution >= 4 is 35.0 Å². The molecule has 1 aliphatic rings. The number of para-hydroxylation sites is 1. The van der Waals surface area contributed by atoms with Crippen LogP contribution in [-0.4, -0.2) is 39.5 Å². The molecule has 1 heterocycles. The van der Waals surface area contributed by atoms with Gasteiger partial charge in [-0.05, 0) is 49.1 Å². The SMILES string of the molecule is CC[C@@H](C(=O)N[C@@H](C(=O)Nc1c(C)cccc1C)c1cccc([N+](=O)[O-])c1)N1C(=O)c2ccccc2C1=O. The molecule has 10 nitrogen and oxygen atoms in total. The minimum Gasteiger partial charge on any atom is -0.339 e. The summed E-state index contributed by atoms with van der Waals surface area (Å²) in [7, 11) is 0. The van der Waals surface area contributed by atoms with Gasteiger partial charge >= 0.3 is 0 Å². The lowest BCUT2D eigenvalue weighted by molar-refractivity contribution is -0.384. The molecule has 1 aliphatic heterocycles. The third kappa shape index (κ3) is 4.88. The maximum absolute atomic E-state index is 13.5. The molecule has 0 bridgehead atoms. The largest absolute Gasteiger partial charge is 0.339 e. The average molecular weight is 515 g/mol. The Morgan fingerprint density at radius 3 is 2.03 bits per heavy atom. The van der Waals surface area contributed by atoms with Crippen LogP contribution in [0.15, 0.2) is 66.7 Å². The fourth-order valence-electron chi connectivity index (χ4n) is 4.54. The van der Waals surface area contributed by atoms with Crippen molar-refractivity contribution in [3.05, 3.63) is 105 Å². The van der Waals surface area contributed by atoms with E-state index in [0.29, 0.717) is 5.69 Å². The highest BCUT2D eigenvalue weighted by Crippen LogP contribution is 2.28. The number of carbonyl (C=O) groups is 4. The number of nitrogens with zero attached hydrogens (tertiary/aromatic N) is 2. The van der Waals surface area contributed by atoms with Crippen LogP contribution in [0.5, 0.6) is 0 Å². The van der Waals surface area contributed by atoms with E-state index in [1.54, 1.807) is 19.1 Å². The fraction of sp³-hybridized carbons (Fsp3) is 0.214. The Labute approximate surface area is 218 Å². The molecule has 10 heteroatoms. The van der Waals surface area contributed by atoms with Crippen molar-refractivity contribution in [3.63, 3.8) is 0 Å². The van der Waals surface area contributed by atoms with Crippen LogP contribution < -0.4 is 10.6 Å². The van der Waals surface area contributed by atoms with Crippen molar-refractivity contribution in [1.29, 1.82) is 0 Å². The van der Waals surface area contributed by atoms with Crippen LogP contribution in [-0.2, 0) is 9.59 Å². The number of benzene rings is 3. The van der Waals surface area contributed by atoms with Gasteiger partial charge in [0.2, 0.25) is 5.91 Å². The lowest BCUT2D eigenvalue weighted by Crippen LogP contribution is -2.51. The second-order valence-corrected chi connectivity index (χ2v) is 9.00. The summed E-state index contributed by atoms with van der Waals surface area (Å²) in [5.41, 5.74) is 2.45. The van der Waals surface area contributed by atoms with E-state index >= 15 is 0 Å². The van der Waals surface area contributed by atoms with E-state index in [2.05, 4.69) is 10.6 Å². The van der Waals surface area contributed by atoms with E-state index in [-0.39, 0.29) is 28.8 Å². The number of aryl methyl sites for hydroxylation is 2. The first kappa shape index (κ1) is 26.2. The molecule has 0 radical (unpaired) electrons. The standard InChI is InChI=1S/C28H26N4O6/c1-4-22(31-27(35)20-13-5-6-14-21(20)28(31)36)25(33)30-24(18-11-8-12-19(15-18)32(37)38)26(34)29-23-16(2)9-7-10-17(23)3/h5-15,22,24H,4H2,1-3H3,(H,29,34)(H,30,33)/t22-,24+/m0/s1. The number of amides is 4. The predicted molar refractivity (Wildman–Crippen MR) is 140 cm³/mol. The molecular weight excluding hydrogens is 488 g/mol. The quantitative estimate of drug-likeness (QED) is 0.264. The first-order valence-corrected chi connectivity index (χ1v) is 12.0. The zero-order chi connectivity index (χ0) is 27.6. The number of rotatable bonds is 8. The number of non-ortho nitro benzene ring substituents is 1. The van der Waals surface area contributed by atoms with Crippen molar-refractivity contribution in [2.45, 2.75) is 39.3 Å². The Balaban J connectivity index is 1.68. The maximum Gasteiger partial charge on any atom is 0.269 e. The normalized spacial score (nSPS) is 14.0. The third-order valence-electron chi connectivity index (χ3n) is 6.52. The van der Waals surface area contributed by atoms with E-state index in [9.17, 15) is 29.3 Å². The number of nitro benzene ring substituents is 1. The highest BCUT2D eigenvalue weighted by atomic mass is 16.6. The highest BCUT2D eigenvalue weighted by molar-refractivity contribution is 6.23. The molecule has 0 saturated heterocycles. The van der Waals surface area contributed by atoms with Gasteiger partial charge in [-0.3, -0.25) is 34.2 Å². The molecule has 0 aliphatic carbocycles. The first-order valence-electron chi connectivity index (χ1n) is 12.0. The summed E-state index contributed by atoms with van der Waals surface area (Å²) in [6, 6.07) is 14.6. The zero-order valence-corrected chi connectivity index (χ0v) is 21.1. The number of imide groups is 1. The monoisotopic (exact) mass is 514 g/mol. The summed E-state index contributed by atoms with van der Waals surface area (Å²) >= 11 is 0. The van der Waals surface area contributed by atoms with Crippen molar-refractivity contribution in [2.75, 3.05) is 5.32 Å². The fourth-order valence-corrected chi connectivity index (χ4v) is 4.54. The number of hydrogen-bond acceptors (Lipinski definition) is 6. The lowest BCUT2D eigenvalue weighted by Gasteiger charge is -2.27. The molecule has 38 heavy (non-hydrogen) atoms. The average Bonchev–Trinajstić information content (AvgIpc) is 3.15. The van der Waals surface area contributed by atoms with Crippen molar-refractivity contribution in [2.24, 2.45) is 0 Å². The van der Waals surface area contributed by atoms with Gasteiger partial charge in [0.05, 0.1) is 16.1 Å². The molecule has 3 aromatic rings.